The molecule has 0 saturated carbocycles. The molecule has 0 bridgehead atoms. The monoisotopic (exact) mass is 375 g/mol. The van der Waals surface area contributed by atoms with Gasteiger partial charge in [-0.05, 0) is 49.6 Å². The highest BCUT2D eigenvalue weighted by Gasteiger charge is 2.11. The number of pyridine rings is 1. The second kappa shape index (κ2) is 9.65. The van der Waals surface area contributed by atoms with E-state index in [1.54, 1.807) is 23.0 Å². The summed E-state index contributed by atoms with van der Waals surface area (Å²) < 4.78 is 1.81. The average Bonchev–Trinajstić information content (AvgIpc) is 3.05. The summed E-state index contributed by atoms with van der Waals surface area (Å²) in [4.78, 5) is 28.4. The minimum atomic E-state index is -0.116. The zero-order valence-electron chi connectivity index (χ0n) is 16.1. The lowest BCUT2D eigenvalue weighted by molar-refractivity contribution is -0.116. The Balaban J connectivity index is 1.37. The standard InChI is InChI=1S/C23H25N3O2/c1-18-16-20-9-4-5-10-21(20)26(18)23(28)11-3-2-6-15-25-22(27)13-12-19-8-7-14-24-17-19/h4-5,7-10,12-14,16-17H,2-3,6,11,15H2,1H3,(H,25,27)/b13-12+. The first-order valence-electron chi connectivity index (χ1n) is 9.61. The summed E-state index contributed by atoms with van der Waals surface area (Å²) >= 11 is 0. The van der Waals surface area contributed by atoms with Crippen LogP contribution in [0.5, 0.6) is 0 Å². The number of fused-ring (bicyclic) bond motifs is 1. The van der Waals surface area contributed by atoms with Gasteiger partial charge in [0.05, 0.1) is 5.52 Å². The highest BCUT2D eigenvalue weighted by molar-refractivity contribution is 5.93. The van der Waals surface area contributed by atoms with E-state index in [2.05, 4.69) is 10.3 Å². The first kappa shape index (κ1) is 19.5. The molecule has 0 aliphatic rings. The molecule has 2 heterocycles. The van der Waals surface area contributed by atoms with Gasteiger partial charge >= 0.3 is 0 Å². The summed E-state index contributed by atoms with van der Waals surface area (Å²) in [6.45, 7) is 2.57. The minimum Gasteiger partial charge on any atom is -0.353 e. The maximum Gasteiger partial charge on any atom is 0.243 e. The van der Waals surface area contributed by atoms with Gasteiger partial charge in [0.2, 0.25) is 11.8 Å². The number of carbonyl (C=O) groups excluding carboxylic acids is 2. The van der Waals surface area contributed by atoms with Crippen LogP contribution in [-0.4, -0.2) is 27.9 Å². The normalized spacial score (nSPS) is 11.2. The summed E-state index contributed by atoms with van der Waals surface area (Å²) in [5.74, 6) is 0.0107. The van der Waals surface area contributed by atoms with Crippen LogP contribution < -0.4 is 5.32 Å². The highest BCUT2D eigenvalue weighted by Crippen LogP contribution is 2.20. The van der Waals surface area contributed by atoms with Crippen LogP contribution in [0.15, 0.2) is 60.9 Å². The Morgan fingerprint density at radius 3 is 2.79 bits per heavy atom. The van der Waals surface area contributed by atoms with Crippen molar-refractivity contribution in [2.24, 2.45) is 0 Å². The largest absolute Gasteiger partial charge is 0.353 e. The number of unbranched alkanes of at least 4 members (excludes halogenated alkanes) is 2. The Morgan fingerprint density at radius 2 is 1.96 bits per heavy atom. The van der Waals surface area contributed by atoms with E-state index in [4.69, 9.17) is 0 Å². The Morgan fingerprint density at radius 1 is 1.11 bits per heavy atom. The van der Waals surface area contributed by atoms with Crippen molar-refractivity contribution < 1.29 is 9.59 Å². The van der Waals surface area contributed by atoms with Crippen LogP contribution in [0.4, 0.5) is 0 Å². The number of nitrogens with zero attached hydrogens (tertiary/aromatic N) is 2. The Labute approximate surface area is 165 Å². The number of carbonyl (C=O) groups is 2. The summed E-state index contributed by atoms with van der Waals surface area (Å²) in [7, 11) is 0. The number of para-hydroxylation sites is 1. The topological polar surface area (TPSA) is 64.0 Å². The van der Waals surface area contributed by atoms with Crippen LogP contribution in [-0.2, 0) is 4.79 Å². The SMILES string of the molecule is Cc1cc2ccccc2n1C(=O)CCCCCNC(=O)/C=C/c1cccnc1. The third-order valence-corrected chi connectivity index (χ3v) is 4.62. The molecule has 0 atom stereocenters. The molecule has 2 aromatic heterocycles. The molecule has 0 spiro atoms. The number of aryl methyl sites for hydroxylation is 1. The molecule has 1 aromatic carbocycles. The van der Waals surface area contributed by atoms with Gasteiger partial charge in [-0.2, -0.15) is 0 Å². The predicted molar refractivity (Wildman–Crippen MR) is 112 cm³/mol. The number of nitrogens with one attached hydrogen (secondary N) is 1. The van der Waals surface area contributed by atoms with Gasteiger partial charge in [-0.3, -0.25) is 19.1 Å². The first-order chi connectivity index (χ1) is 13.6. The third-order valence-electron chi connectivity index (χ3n) is 4.62. The Hall–Kier alpha value is -3.21. The lowest BCUT2D eigenvalue weighted by Crippen LogP contribution is -2.22. The maximum atomic E-state index is 12.6. The quantitative estimate of drug-likeness (QED) is 0.469. The number of benzene rings is 1. The maximum absolute atomic E-state index is 12.6. The summed E-state index contributed by atoms with van der Waals surface area (Å²) in [5.41, 5.74) is 2.83. The van der Waals surface area contributed by atoms with Gasteiger partial charge in [-0.15, -0.1) is 0 Å². The van der Waals surface area contributed by atoms with Gasteiger partial charge in [0, 0.05) is 42.5 Å². The van der Waals surface area contributed by atoms with Crippen molar-refractivity contribution in [1.29, 1.82) is 0 Å². The van der Waals surface area contributed by atoms with E-state index in [1.165, 1.54) is 6.08 Å². The molecule has 1 amide bonds. The van der Waals surface area contributed by atoms with Crippen molar-refractivity contribution in [3.8, 4) is 0 Å². The van der Waals surface area contributed by atoms with Gasteiger partial charge in [-0.1, -0.05) is 30.7 Å². The molecule has 0 unspecified atom stereocenters. The minimum absolute atomic E-state index is 0.116. The molecular formula is C23H25N3O2. The Kier molecular flexibility index (Phi) is 6.73. The molecule has 5 heteroatoms. The fraction of sp³-hybridized carbons (Fsp3) is 0.261. The molecule has 3 rings (SSSR count). The highest BCUT2D eigenvalue weighted by atomic mass is 16.2. The van der Waals surface area contributed by atoms with E-state index in [9.17, 15) is 9.59 Å². The lowest BCUT2D eigenvalue weighted by atomic mass is 10.2. The van der Waals surface area contributed by atoms with Gasteiger partial charge in [0.1, 0.15) is 0 Å². The molecule has 0 saturated heterocycles. The van der Waals surface area contributed by atoms with Crippen LogP contribution >= 0.6 is 0 Å². The number of aromatic nitrogens is 2. The summed E-state index contributed by atoms with van der Waals surface area (Å²) in [6, 6.07) is 13.7. The van der Waals surface area contributed by atoms with Gasteiger partial charge < -0.3 is 5.32 Å². The second-order valence-electron chi connectivity index (χ2n) is 6.80. The van der Waals surface area contributed by atoms with Gasteiger partial charge in [0.15, 0.2) is 0 Å². The van der Waals surface area contributed by atoms with Crippen molar-refractivity contribution >= 4 is 28.8 Å². The average molecular weight is 375 g/mol. The van der Waals surface area contributed by atoms with Crippen molar-refractivity contribution in [1.82, 2.24) is 14.9 Å². The van der Waals surface area contributed by atoms with E-state index >= 15 is 0 Å². The molecule has 0 aliphatic carbocycles. The molecule has 0 radical (unpaired) electrons. The zero-order valence-corrected chi connectivity index (χ0v) is 16.1. The summed E-state index contributed by atoms with van der Waals surface area (Å²) in [5, 5.41) is 3.96. The zero-order chi connectivity index (χ0) is 19.8. The smallest absolute Gasteiger partial charge is 0.243 e. The van der Waals surface area contributed by atoms with Crippen molar-refractivity contribution in [2.45, 2.75) is 32.6 Å². The summed E-state index contributed by atoms with van der Waals surface area (Å²) in [6.07, 6.45) is 9.73. The molecule has 0 aliphatic heterocycles. The number of hydrogen-bond donors (Lipinski definition) is 1. The second-order valence-corrected chi connectivity index (χ2v) is 6.80. The molecule has 1 N–H and O–H groups in total. The van der Waals surface area contributed by atoms with Crippen molar-refractivity contribution in [3.05, 3.63) is 72.2 Å². The number of amides is 1. The van der Waals surface area contributed by atoms with Gasteiger partial charge in [-0.25, -0.2) is 0 Å². The fourth-order valence-corrected chi connectivity index (χ4v) is 3.23. The lowest BCUT2D eigenvalue weighted by Gasteiger charge is -2.07. The number of rotatable bonds is 8. The molecule has 28 heavy (non-hydrogen) atoms. The van der Waals surface area contributed by atoms with E-state index in [-0.39, 0.29) is 11.8 Å². The van der Waals surface area contributed by atoms with Crippen LogP contribution in [0.25, 0.3) is 17.0 Å². The van der Waals surface area contributed by atoms with Crippen LogP contribution in [0.2, 0.25) is 0 Å². The molecule has 144 valence electrons. The first-order valence-corrected chi connectivity index (χ1v) is 9.61. The number of hydrogen-bond acceptors (Lipinski definition) is 3. The van der Waals surface area contributed by atoms with Gasteiger partial charge in [0.25, 0.3) is 0 Å². The third kappa shape index (κ3) is 5.16. The molecule has 3 aromatic rings. The molecule has 5 nitrogen and oxygen atoms in total. The van der Waals surface area contributed by atoms with E-state index < -0.39 is 0 Å². The predicted octanol–water partition coefficient (Wildman–Crippen LogP) is 4.37. The fourth-order valence-electron chi connectivity index (χ4n) is 3.23. The van der Waals surface area contributed by atoms with E-state index in [1.807, 2.05) is 49.4 Å². The van der Waals surface area contributed by atoms with E-state index in [0.29, 0.717) is 13.0 Å². The van der Waals surface area contributed by atoms with E-state index in [0.717, 1.165) is 41.4 Å². The van der Waals surface area contributed by atoms with Crippen molar-refractivity contribution in [3.63, 3.8) is 0 Å². The van der Waals surface area contributed by atoms with Crippen molar-refractivity contribution in [2.75, 3.05) is 6.54 Å². The Bertz CT molecular complexity index is 974. The molecule has 0 fully saturated rings. The van der Waals surface area contributed by atoms with Crippen LogP contribution in [0, 0.1) is 6.92 Å². The van der Waals surface area contributed by atoms with Crippen LogP contribution in [0.1, 0.15) is 41.7 Å². The molecular weight excluding hydrogens is 350 g/mol. The van der Waals surface area contributed by atoms with Crippen LogP contribution in [0.3, 0.4) is 0 Å².